The van der Waals surface area contributed by atoms with Crippen LogP contribution in [-0.4, -0.2) is 75.8 Å². The van der Waals surface area contributed by atoms with Crippen molar-refractivity contribution in [2.24, 2.45) is 0 Å². The summed E-state index contributed by atoms with van der Waals surface area (Å²) in [7, 11) is 1.10. The third-order valence-corrected chi connectivity index (χ3v) is 7.01. The zero-order valence-corrected chi connectivity index (χ0v) is 18.3. The number of benzene rings is 2. The van der Waals surface area contributed by atoms with Gasteiger partial charge < -0.3 is 14.5 Å². The first kappa shape index (κ1) is 22.5. The van der Waals surface area contributed by atoms with Crippen molar-refractivity contribution >= 4 is 27.3 Å². The normalized spacial score (nSPS) is 14.9. The van der Waals surface area contributed by atoms with Crippen molar-refractivity contribution in [3.05, 3.63) is 58.1 Å². The molecule has 0 saturated carbocycles. The molecule has 0 aliphatic carbocycles. The second-order valence-electron chi connectivity index (χ2n) is 7.23. The number of rotatable bonds is 6. The van der Waals surface area contributed by atoms with Crippen LogP contribution in [0.25, 0.3) is 0 Å². The fourth-order valence-corrected chi connectivity index (χ4v) is 4.80. The van der Waals surface area contributed by atoms with Crippen LogP contribution in [0, 0.1) is 10.1 Å². The van der Waals surface area contributed by atoms with Gasteiger partial charge >= 0.3 is 5.69 Å². The number of sulfonamides is 1. The van der Waals surface area contributed by atoms with Crippen molar-refractivity contribution in [1.82, 2.24) is 9.21 Å². The lowest BCUT2D eigenvalue weighted by Crippen LogP contribution is -2.50. The largest absolute Gasteiger partial charge is 0.490 e. The van der Waals surface area contributed by atoms with Gasteiger partial charge in [-0.15, -0.1) is 0 Å². The molecule has 3 rings (SSSR count). The number of amides is 1. The number of anilines is 1. The van der Waals surface area contributed by atoms with E-state index in [-0.39, 0.29) is 42.7 Å². The van der Waals surface area contributed by atoms with Crippen LogP contribution in [-0.2, 0) is 10.0 Å². The molecule has 1 aliphatic rings. The van der Waals surface area contributed by atoms with Crippen LogP contribution in [0.5, 0.6) is 5.75 Å². The van der Waals surface area contributed by atoms with E-state index >= 15 is 0 Å². The molecule has 0 radical (unpaired) electrons. The highest BCUT2D eigenvalue weighted by atomic mass is 32.2. The lowest BCUT2D eigenvalue weighted by Gasteiger charge is -2.34. The quantitative estimate of drug-likeness (QED) is 0.489. The van der Waals surface area contributed by atoms with Crippen molar-refractivity contribution in [1.29, 1.82) is 0 Å². The maximum atomic E-state index is 13.0. The van der Waals surface area contributed by atoms with E-state index in [2.05, 4.69) is 0 Å². The van der Waals surface area contributed by atoms with Gasteiger partial charge in [0.25, 0.3) is 5.91 Å². The minimum absolute atomic E-state index is 0.0145. The van der Waals surface area contributed by atoms with E-state index in [0.29, 0.717) is 5.56 Å². The van der Waals surface area contributed by atoms with Crippen LogP contribution >= 0.6 is 0 Å². The first-order valence-corrected chi connectivity index (χ1v) is 11.0. The Morgan fingerprint density at radius 2 is 1.77 bits per heavy atom. The molecule has 0 spiro atoms. The number of nitro benzene ring substituents is 1. The van der Waals surface area contributed by atoms with E-state index in [0.717, 1.165) is 11.8 Å². The maximum Gasteiger partial charge on any atom is 0.312 e. The Kier molecular flexibility index (Phi) is 6.46. The number of hydrogen-bond donors (Lipinski definition) is 0. The minimum Gasteiger partial charge on any atom is -0.490 e. The van der Waals surface area contributed by atoms with Crippen LogP contribution in [0.15, 0.2) is 47.4 Å². The van der Waals surface area contributed by atoms with Gasteiger partial charge in [-0.1, -0.05) is 6.07 Å². The third kappa shape index (κ3) is 4.62. The van der Waals surface area contributed by atoms with E-state index in [9.17, 15) is 23.3 Å². The molecule has 10 nitrogen and oxygen atoms in total. The molecule has 0 atom stereocenters. The molecule has 0 aromatic heterocycles. The first-order chi connectivity index (χ1) is 14.6. The van der Waals surface area contributed by atoms with Gasteiger partial charge in [-0.2, -0.15) is 4.31 Å². The highest BCUT2D eigenvalue weighted by Gasteiger charge is 2.32. The Bertz CT molecular complexity index is 1090. The summed E-state index contributed by atoms with van der Waals surface area (Å²) in [6.45, 7) is 0.646. The van der Waals surface area contributed by atoms with Crippen molar-refractivity contribution in [2.75, 3.05) is 52.3 Å². The van der Waals surface area contributed by atoms with Crippen LogP contribution in [0.1, 0.15) is 10.4 Å². The lowest BCUT2D eigenvalue weighted by atomic mass is 10.1. The Balaban J connectivity index is 1.74. The molecule has 1 heterocycles. The molecule has 31 heavy (non-hydrogen) atoms. The van der Waals surface area contributed by atoms with E-state index in [4.69, 9.17) is 4.74 Å². The molecule has 0 N–H and O–H groups in total. The van der Waals surface area contributed by atoms with Crippen molar-refractivity contribution in [2.45, 2.75) is 4.90 Å². The molecule has 1 saturated heterocycles. The zero-order valence-electron chi connectivity index (χ0n) is 17.5. The Hall–Kier alpha value is -3.18. The topological polar surface area (TPSA) is 113 Å². The third-order valence-electron chi connectivity index (χ3n) is 5.12. The zero-order chi connectivity index (χ0) is 22.8. The second kappa shape index (κ2) is 8.90. The standard InChI is InChI=1S/C20H24N4O6S/c1-21(2)16-6-4-5-15(13-16)20(25)22-9-11-23(12-10-22)31(28,29)17-7-8-19(30-3)18(14-17)24(26)27/h4-8,13-14H,9-12H2,1-3H3. The molecule has 166 valence electrons. The Morgan fingerprint density at radius 1 is 1.10 bits per heavy atom. The number of carbonyl (C=O) groups excluding carboxylic acids is 1. The Morgan fingerprint density at radius 3 is 2.35 bits per heavy atom. The fraction of sp³-hybridized carbons (Fsp3) is 0.350. The van der Waals surface area contributed by atoms with Gasteiger partial charge in [-0.05, 0) is 30.3 Å². The molecule has 2 aromatic carbocycles. The molecule has 1 aliphatic heterocycles. The van der Waals surface area contributed by atoms with E-state index in [1.807, 2.05) is 25.1 Å². The summed E-state index contributed by atoms with van der Waals surface area (Å²) < 4.78 is 32.1. The number of piperazine rings is 1. The molecule has 2 aromatic rings. The maximum absolute atomic E-state index is 13.0. The van der Waals surface area contributed by atoms with Gasteiger partial charge in [0.05, 0.1) is 16.9 Å². The van der Waals surface area contributed by atoms with Crippen LogP contribution in [0.4, 0.5) is 11.4 Å². The average Bonchev–Trinajstić information content (AvgIpc) is 2.78. The lowest BCUT2D eigenvalue weighted by molar-refractivity contribution is -0.386. The summed E-state index contributed by atoms with van der Waals surface area (Å²) in [6.07, 6.45) is 0. The summed E-state index contributed by atoms with van der Waals surface area (Å²) >= 11 is 0. The predicted molar refractivity (Wildman–Crippen MR) is 115 cm³/mol. The number of methoxy groups -OCH3 is 1. The van der Waals surface area contributed by atoms with Gasteiger partial charge in [-0.25, -0.2) is 8.42 Å². The van der Waals surface area contributed by atoms with Crippen LogP contribution < -0.4 is 9.64 Å². The number of hydrogen-bond acceptors (Lipinski definition) is 7. The molecule has 1 amide bonds. The van der Waals surface area contributed by atoms with E-state index < -0.39 is 20.6 Å². The average molecular weight is 449 g/mol. The number of nitrogens with zero attached hydrogens (tertiary/aromatic N) is 4. The van der Waals surface area contributed by atoms with Crippen LogP contribution in [0.3, 0.4) is 0 Å². The SMILES string of the molecule is COc1ccc(S(=O)(=O)N2CCN(C(=O)c3cccc(N(C)C)c3)CC2)cc1[N+](=O)[O-]. The molecule has 1 fully saturated rings. The Labute approximate surface area is 180 Å². The second-order valence-corrected chi connectivity index (χ2v) is 9.17. The summed E-state index contributed by atoms with van der Waals surface area (Å²) in [6, 6.07) is 10.8. The van der Waals surface area contributed by atoms with Gasteiger partial charge in [0.1, 0.15) is 0 Å². The monoisotopic (exact) mass is 448 g/mol. The molecular formula is C20H24N4O6S. The number of ether oxygens (including phenoxy) is 1. The number of carbonyl (C=O) groups is 1. The van der Waals surface area contributed by atoms with E-state index in [1.54, 1.807) is 23.1 Å². The van der Waals surface area contributed by atoms with E-state index in [1.165, 1.54) is 23.5 Å². The summed E-state index contributed by atoms with van der Waals surface area (Å²) in [4.78, 5) is 26.7. The van der Waals surface area contributed by atoms with Crippen molar-refractivity contribution < 1.29 is 22.9 Å². The van der Waals surface area contributed by atoms with Gasteiger partial charge in [0, 0.05) is 57.6 Å². The molecular weight excluding hydrogens is 424 g/mol. The molecule has 11 heteroatoms. The summed E-state index contributed by atoms with van der Waals surface area (Å²) in [5.41, 5.74) is 1.01. The van der Waals surface area contributed by atoms with Gasteiger partial charge in [0.15, 0.2) is 5.75 Å². The fourth-order valence-electron chi connectivity index (χ4n) is 3.35. The van der Waals surface area contributed by atoms with Crippen molar-refractivity contribution in [3.63, 3.8) is 0 Å². The smallest absolute Gasteiger partial charge is 0.312 e. The molecule has 0 unspecified atom stereocenters. The molecule has 0 bridgehead atoms. The van der Waals surface area contributed by atoms with Crippen molar-refractivity contribution in [3.8, 4) is 5.75 Å². The van der Waals surface area contributed by atoms with Gasteiger partial charge in [0.2, 0.25) is 10.0 Å². The summed E-state index contributed by atoms with van der Waals surface area (Å²) in [5, 5.41) is 11.2. The first-order valence-electron chi connectivity index (χ1n) is 9.54. The highest BCUT2D eigenvalue weighted by Crippen LogP contribution is 2.31. The van der Waals surface area contributed by atoms with Crippen LogP contribution in [0.2, 0.25) is 0 Å². The summed E-state index contributed by atoms with van der Waals surface area (Å²) in [5.74, 6) is -0.180. The van der Waals surface area contributed by atoms with Gasteiger partial charge in [-0.3, -0.25) is 14.9 Å². The highest BCUT2D eigenvalue weighted by molar-refractivity contribution is 7.89. The number of nitro groups is 1. The minimum atomic E-state index is -3.95. The predicted octanol–water partition coefficient (Wildman–Crippen LogP) is 1.82.